The van der Waals surface area contributed by atoms with Crippen LogP contribution in [0.5, 0.6) is 0 Å². The lowest BCUT2D eigenvalue weighted by Crippen LogP contribution is -2.26. The van der Waals surface area contributed by atoms with E-state index in [1.54, 1.807) is 0 Å². The summed E-state index contributed by atoms with van der Waals surface area (Å²) in [4.78, 5) is 2.37. The van der Waals surface area contributed by atoms with Gasteiger partial charge >= 0.3 is 0 Å². The fraction of sp³-hybridized carbons (Fsp3) is 0.571. The van der Waals surface area contributed by atoms with Crippen LogP contribution < -0.4 is 5.32 Å². The summed E-state index contributed by atoms with van der Waals surface area (Å²) in [6, 6.07) is 3.76. The first-order valence-corrected chi connectivity index (χ1v) is 6.49. The minimum atomic E-state index is -0.487. The summed E-state index contributed by atoms with van der Waals surface area (Å²) in [5.74, 6) is -0.266. The molecule has 0 radical (unpaired) electrons. The van der Waals surface area contributed by atoms with E-state index in [1.165, 1.54) is 18.6 Å². The van der Waals surface area contributed by atoms with Crippen molar-refractivity contribution in [2.75, 3.05) is 33.2 Å². The zero-order chi connectivity index (χ0) is 13.0. The Morgan fingerprint density at radius 2 is 2.00 bits per heavy atom. The number of likely N-dealkylation sites (tertiary alicyclic amines) is 1. The molecule has 1 aliphatic heterocycles. The molecule has 4 heteroatoms. The zero-order valence-corrected chi connectivity index (χ0v) is 10.8. The summed E-state index contributed by atoms with van der Waals surface area (Å²) in [6.07, 6.45) is 1.92. The molecule has 2 rings (SSSR count). The fourth-order valence-electron chi connectivity index (χ4n) is 2.61. The molecule has 0 saturated carbocycles. The number of hydrogen-bond donors (Lipinski definition) is 1. The largest absolute Gasteiger partial charge is 0.319 e. The lowest BCUT2D eigenvalue weighted by molar-refractivity contribution is 0.326. The maximum Gasteiger partial charge on any atom is 0.126 e. The first-order valence-electron chi connectivity index (χ1n) is 6.49. The van der Waals surface area contributed by atoms with Gasteiger partial charge in [-0.3, -0.25) is 0 Å². The molecule has 0 amide bonds. The molecular formula is C14H20F2N2. The van der Waals surface area contributed by atoms with Crippen LogP contribution in [0.4, 0.5) is 8.78 Å². The lowest BCUT2D eigenvalue weighted by Gasteiger charge is -2.16. The number of rotatable bonds is 5. The van der Waals surface area contributed by atoms with Gasteiger partial charge in [-0.05, 0) is 56.6 Å². The summed E-state index contributed by atoms with van der Waals surface area (Å²) < 4.78 is 26.1. The van der Waals surface area contributed by atoms with E-state index in [-0.39, 0.29) is 0 Å². The third kappa shape index (κ3) is 3.75. The van der Waals surface area contributed by atoms with Crippen LogP contribution in [0.15, 0.2) is 18.2 Å². The van der Waals surface area contributed by atoms with Crippen LogP contribution in [0, 0.1) is 17.6 Å². The van der Waals surface area contributed by atoms with Gasteiger partial charge in [0.25, 0.3) is 0 Å². The van der Waals surface area contributed by atoms with Gasteiger partial charge < -0.3 is 10.2 Å². The number of halogens is 2. The van der Waals surface area contributed by atoms with Crippen molar-refractivity contribution < 1.29 is 8.78 Å². The molecule has 1 atom stereocenters. The SMILES string of the molecule is CNCC1CCN(CCc2cc(F)cc(F)c2)C1. The van der Waals surface area contributed by atoms with E-state index in [2.05, 4.69) is 10.2 Å². The molecule has 2 nitrogen and oxygen atoms in total. The van der Waals surface area contributed by atoms with Crippen molar-refractivity contribution in [1.29, 1.82) is 0 Å². The van der Waals surface area contributed by atoms with Gasteiger partial charge in [0, 0.05) is 19.2 Å². The zero-order valence-electron chi connectivity index (χ0n) is 10.8. The van der Waals surface area contributed by atoms with E-state index < -0.39 is 11.6 Å². The van der Waals surface area contributed by atoms with E-state index in [0.29, 0.717) is 12.3 Å². The Balaban J connectivity index is 1.81. The van der Waals surface area contributed by atoms with E-state index in [9.17, 15) is 8.78 Å². The van der Waals surface area contributed by atoms with Crippen LogP contribution in [0.25, 0.3) is 0 Å². The van der Waals surface area contributed by atoms with Crippen molar-refractivity contribution in [2.24, 2.45) is 5.92 Å². The molecule has 0 aliphatic carbocycles. The van der Waals surface area contributed by atoms with E-state index in [4.69, 9.17) is 0 Å². The third-order valence-corrected chi connectivity index (χ3v) is 3.50. The van der Waals surface area contributed by atoms with Crippen molar-refractivity contribution in [2.45, 2.75) is 12.8 Å². The Hall–Kier alpha value is -1.00. The quantitative estimate of drug-likeness (QED) is 0.865. The second-order valence-electron chi connectivity index (χ2n) is 5.04. The first kappa shape index (κ1) is 13.4. The number of nitrogens with one attached hydrogen (secondary N) is 1. The third-order valence-electron chi connectivity index (χ3n) is 3.50. The highest BCUT2D eigenvalue weighted by atomic mass is 19.1. The van der Waals surface area contributed by atoms with Crippen molar-refractivity contribution >= 4 is 0 Å². The Labute approximate surface area is 107 Å². The van der Waals surface area contributed by atoms with Gasteiger partial charge in [-0.1, -0.05) is 0 Å². The van der Waals surface area contributed by atoms with Crippen molar-refractivity contribution in [1.82, 2.24) is 10.2 Å². The summed E-state index contributed by atoms with van der Waals surface area (Å²) in [5, 5.41) is 3.19. The molecule has 0 aromatic heterocycles. The number of benzene rings is 1. The van der Waals surface area contributed by atoms with Gasteiger partial charge in [-0.2, -0.15) is 0 Å². The van der Waals surface area contributed by atoms with Crippen LogP contribution in [-0.2, 0) is 6.42 Å². The van der Waals surface area contributed by atoms with E-state index in [0.717, 1.165) is 37.8 Å². The molecule has 1 aromatic carbocycles. The highest BCUT2D eigenvalue weighted by molar-refractivity contribution is 5.18. The molecule has 1 unspecified atom stereocenters. The summed E-state index contributed by atoms with van der Waals surface area (Å²) >= 11 is 0. The predicted octanol–water partition coefficient (Wildman–Crippen LogP) is 2.05. The second kappa shape index (κ2) is 6.25. The smallest absolute Gasteiger partial charge is 0.126 e. The molecular weight excluding hydrogens is 234 g/mol. The maximum atomic E-state index is 13.0. The van der Waals surface area contributed by atoms with Crippen LogP contribution in [0.2, 0.25) is 0 Å². The Kier molecular flexibility index (Phi) is 4.66. The Bertz CT molecular complexity index is 375. The average Bonchev–Trinajstić information content (AvgIpc) is 2.74. The van der Waals surface area contributed by atoms with Crippen LogP contribution in [0.1, 0.15) is 12.0 Å². The van der Waals surface area contributed by atoms with Gasteiger partial charge in [-0.25, -0.2) is 8.78 Å². The molecule has 1 N–H and O–H groups in total. The standard InChI is InChI=1S/C14H20F2N2/c1-17-9-12-3-5-18(10-12)4-2-11-6-13(15)8-14(16)7-11/h6-8,12,17H,2-5,9-10H2,1H3. The monoisotopic (exact) mass is 254 g/mol. The minimum Gasteiger partial charge on any atom is -0.319 e. The number of nitrogens with zero attached hydrogens (tertiary/aromatic N) is 1. The van der Waals surface area contributed by atoms with E-state index in [1.807, 2.05) is 7.05 Å². The van der Waals surface area contributed by atoms with Gasteiger partial charge in [0.1, 0.15) is 11.6 Å². The van der Waals surface area contributed by atoms with Gasteiger partial charge in [0.05, 0.1) is 0 Å². The lowest BCUT2D eigenvalue weighted by atomic mass is 10.1. The molecule has 100 valence electrons. The second-order valence-corrected chi connectivity index (χ2v) is 5.04. The highest BCUT2D eigenvalue weighted by Crippen LogP contribution is 2.16. The van der Waals surface area contributed by atoms with Gasteiger partial charge in [0.15, 0.2) is 0 Å². The summed E-state index contributed by atoms with van der Waals surface area (Å²) in [7, 11) is 1.97. The fourth-order valence-corrected chi connectivity index (χ4v) is 2.61. The Morgan fingerprint density at radius 1 is 1.28 bits per heavy atom. The van der Waals surface area contributed by atoms with E-state index >= 15 is 0 Å². The average molecular weight is 254 g/mol. The molecule has 1 aromatic rings. The maximum absolute atomic E-state index is 13.0. The first-order chi connectivity index (χ1) is 8.67. The molecule has 1 fully saturated rings. The van der Waals surface area contributed by atoms with Crippen LogP contribution in [0.3, 0.4) is 0 Å². The normalized spacial score (nSPS) is 20.5. The predicted molar refractivity (Wildman–Crippen MR) is 68.5 cm³/mol. The van der Waals surface area contributed by atoms with Crippen LogP contribution >= 0.6 is 0 Å². The van der Waals surface area contributed by atoms with Crippen molar-refractivity contribution in [3.05, 3.63) is 35.4 Å². The van der Waals surface area contributed by atoms with Crippen molar-refractivity contribution in [3.63, 3.8) is 0 Å². The van der Waals surface area contributed by atoms with Crippen LogP contribution in [-0.4, -0.2) is 38.1 Å². The van der Waals surface area contributed by atoms with Gasteiger partial charge in [-0.15, -0.1) is 0 Å². The number of hydrogen-bond acceptors (Lipinski definition) is 2. The molecule has 18 heavy (non-hydrogen) atoms. The molecule has 1 saturated heterocycles. The Morgan fingerprint density at radius 3 is 2.67 bits per heavy atom. The molecule has 0 bridgehead atoms. The molecule has 0 spiro atoms. The van der Waals surface area contributed by atoms with Gasteiger partial charge in [0.2, 0.25) is 0 Å². The van der Waals surface area contributed by atoms with Crippen molar-refractivity contribution in [3.8, 4) is 0 Å². The molecule has 1 aliphatic rings. The highest BCUT2D eigenvalue weighted by Gasteiger charge is 2.21. The summed E-state index contributed by atoms with van der Waals surface area (Å²) in [6.45, 7) is 4.09. The summed E-state index contributed by atoms with van der Waals surface area (Å²) in [5.41, 5.74) is 0.740. The molecule has 1 heterocycles. The topological polar surface area (TPSA) is 15.3 Å². The minimum absolute atomic E-state index is 0.487.